The van der Waals surface area contributed by atoms with E-state index < -0.39 is 0 Å². The second-order valence-electron chi connectivity index (χ2n) is 2.56. The molecule has 0 aromatic carbocycles. The first-order valence-electron chi connectivity index (χ1n) is 3.59. The fourth-order valence-corrected chi connectivity index (χ4v) is 1.06. The highest BCUT2D eigenvalue weighted by Crippen LogP contribution is 2.12. The minimum Gasteiger partial charge on any atom is -0.394 e. The van der Waals surface area contributed by atoms with Crippen LogP contribution in [0.25, 0.3) is 5.82 Å². The zero-order chi connectivity index (χ0) is 8.55. The highest BCUT2D eigenvalue weighted by atomic mass is 15.4. The standard InChI is InChI=1S/C7H9N5/c1-5-2-3-10-12(5)7-6(8)4-9-11-7/h2-4H,8H2,1H3,(H,9,11). The molecule has 2 aromatic heterocycles. The Bertz CT molecular complexity index is 348. The molecule has 12 heavy (non-hydrogen) atoms. The smallest absolute Gasteiger partial charge is 0.172 e. The van der Waals surface area contributed by atoms with Crippen molar-refractivity contribution < 1.29 is 0 Å². The van der Waals surface area contributed by atoms with E-state index in [2.05, 4.69) is 15.3 Å². The van der Waals surface area contributed by atoms with Gasteiger partial charge in [0, 0.05) is 11.9 Å². The first-order chi connectivity index (χ1) is 5.79. The van der Waals surface area contributed by atoms with E-state index in [4.69, 9.17) is 5.73 Å². The first kappa shape index (κ1) is 6.90. The van der Waals surface area contributed by atoms with E-state index in [-0.39, 0.29) is 0 Å². The van der Waals surface area contributed by atoms with Gasteiger partial charge in [0.1, 0.15) is 0 Å². The van der Waals surface area contributed by atoms with Gasteiger partial charge in [-0.05, 0) is 13.0 Å². The SMILES string of the molecule is Cc1ccnn1-c1[nH]ncc1N. The summed E-state index contributed by atoms with van der Waals surface area (Å²) in [4.78, 5) is 0. The van der Waals surface area contributed by atoms with E-state index in [0.717, 1.165) is 11.5 Å². The Kier molecular flexibility index (Phi) is 1.36. The molecule has 2 rings (SSSR count). The van der Waals surface area contributed by atoms with Crippen LogP contribution in [0.4, 0.5) is 5.69 Å². The second kappa shape index (κ2) is 2.37. The van der Waals surface area contributed by atoms with Crippen molar-refractivity contribution in [3.63, 3.8) is 0 Å². The van der Waals surface area contributed by atoms with Crippen molar-refractivity contribution in [2.45, 2.75) is 6.92 Å². The predicted octanol–water partition coefficient (Wildman–Crippen LogP) is 0.486. The van der Waals surface area contributed by atoms with Gasteiger partial charge < -0.3 is 5.73 Å². The summed E-state index contributed by atoms with van der Waals surface area (Å²) in [5.74, 6) is 0.720. The Morgan fingerprint density at radius 1 is 1.58 bits per heavy atom. The van der Waals surface area contributed by atoms with Crippen molar-refractivity contribution in [2.75, 3.05) is 5.73 Å². The van der Waals surface area contributed by atoms with Crippen LogP contribution in [0.3, 0.4) is 0 Å². The molecule has 5 nitrogen and oxygen atoms in total. The summed E-state index contributed by atoms with van der Waals surface area (Å²) in [7, 11) is 0. The average molecular weight is 163 g/mol. The van der Waals surface area contributed by atoms with E-state index in [1.807, 2.05) is 13.0 Å². The van der Waals surface area contributed by atoms with Gasteiger partial charge in [-0.25, -0.2) is 4.68 Å². The fourth-order valence-electron chi connectivity index (χ4n) is 1.06. The third-order valence-corrected chi connectivity index (χ3v) is 1.69. The number of nitrogen functional groups attached to an aromatic ring is 1. The summed E-state index contributed by atoms with van der Waals surface area (Å²) in [5.41, 5.74) is 7.26. The molecule has 0 radical (unpaired) electrons. The molecule has 62 valence electrons. The maximum atomic E-state index is 5.65. The maximum Gasteiger partial charge on any atom is 0.172 e. The highest BCUT2D eigenvalue weighted by Gasteiger charge is 2.05. The molecule has 0 spiro atoms. The van der Waals surface area contributed by atoms with Crippen molar-refractivity contribution in [1.29, 1.82) is 0 Å². The van der Waals surface area contributed by atoms with Crippen LogP contribution < -0.4 is 5.73 Å². The van der Waals surface area contributed by atoms with Gasteiger partial charge >= 0.3 is 0 Å². The molecule has 0 aliphatic rings. The highest BCUT2D eigenvalue weighted by molar-refractivity contribution is 5.51. The summed E-state index contributed by atoms with van der Waals surface area (Å²) in [5, 5.41) is 10.7. The first-order valence-corrected chi connectivity index (χ1v) is 3.59. The Hall–Kier alpha value is -1.78. The van der Waals surface area contributed by atoms with Crippen LogP contribution in [0, 0.1) is 6.92 Å². The van der Waals surface area contributed by atoms with Gasteiger partial charge in [-0.2, -0.15) is 10.2 Å². The van der Waals surface area contributed by atoms with E-state index in [0.29, 0.717) is 5.69 Å². The zero-order valence-electron chi connectivity index (χ0n) is 6.65. The van der Waals surface area contributed by atoms with Gasteiger partial charge in [-0.3, -0.25) is 5.10 Å². The molecule has 0 atom stereocenters. The molecular weight excluding hydrogens is 154 g/mol. The van der Waals surface area contributed by atoms with Crippen LogP contribution in [0.5, 0.6) is 0 Å². The number of rotatable bonds is 1. The van der Waals surface area contributed by atoms with Crippen LogP contribution in [-0.2, 0) is 0 Å². The third-order valence-electron chi connectivity index (χ3n) is 1.69. The predicted molar refractivity (Wildman–Crippen MR) is 44.9 cm³/mol. The second-order valence-corrected chi connectivity index (χ2v) is 2.56. The monoisotopic (exact) mass is 163 g/mol. The molecule has 5 heteroatoms. The summed E-state index contributed by atoms with van der Waals surface area (Å²) in [6.07, 6.45) is 3.28. The minimum atomic E-state index is 0.599. The van der Waals surface area contributed by atoms with E-state index in [1.165, 1.54) is 0 Å². The van der Waals surface area contributed by atoms with Crippen molar-refractivity contribution >= 4 is 5.69 Å². The van der Waals surface area contributed by atoms with E-state index in [9.17, 15) is 0 Å². The van der Waals surface area contributed by atoms with Crippen LogP contribution >= 0.6 is 0 Å². The fraction of sp³-hybridized carbons (Fsp3) is 0.143. The number of aryl methyl sites for hydroxylation is 1. The molecule has 2 heterocycles. The molecular formula is C7H9N5. The molecule has 0 amide bonds. The summed E-state index contributed by atoms with van der Waals surface area (Å²) < 4.78 is 1.71. The molecule has 2 aromatic rings. The number of nitrogens with two attached hydrogens (primary N) is 1. The van der Waals surface area contributed by atoms with Gasteiger partial charge in [0.2, 0.25) is 0 Å². The van der Waals surface area contributed by atoms with E-state index in [1.54, 1.807) is 17.1 Å². The Labute approximate surface area is 69.2 Å². The number of nitrogens with zero attached hydrogens (tertiary/aromatic N) is 3. The lowest BCUT2D eigenvalue weighted by atomic mass is 10.4. The van der Waals surface area contributed by atoms with Crippen molar-refractivity contribution in [2.24, 2.45) is 0 Å². The molecule has 0 saturated heterocycles. The van der Waals surface area contributed by atoms with Crippen molar-refractivity contribution in [1.82, 2.24) is 20.0 Å². The van der Waals surface area contributed by atoms with Gasteiger partial charge in [0.25, 0.3) is 0 Å². The quantitative estimate of drug-likeness (QED) is 0.642. The zero-order valence-corrected chi connectivity index (χ0v) is 6.65. The Morgan fingerprint density at radius 3 is 2.92 bits per heavy atom. The number of anilines is 1. The van der Waals surface area contributed by atoms with Gasteiger partial charge in [-0.15, -0.1) is 0 Å². The van der Waals surface area contributed by atoms with Gasteiger partial charge in [0.15, 0.2) is 5.82 Å². The Balaban J connectivity index is 2.57. The topological polar surface area (TPSA) is 72.5 Å². The molecule has 0 aliphatic heterocycles. The summed E-state index contributed by atoms with van der Waals surface area (Å²) in [6, 6.07) is 1.90. The lowest BCUT2D eigenvalue weighted by Gasteiger charge is -2.00. The van der Waals surface area contributed by atoms with Crippen molar-refractivity contribution in [3.8, 4) is 5.82 Å². The van der Waals surface area contributed by atoms with E-state index >= 15 is 0 Å². The number of hydrogen-bond acceptors (Lipinski definition) is 3. The normalized spacial score (nSPS) is 10.4. The molecule has 0 aliphatic carbocycles. The number of aromatic amines is 1. The lowest BCUT2D eigenvalue weighted by molar-refractivity contribution is 0.810. The van der Waals surface area contributed by atoms with Crippen LogP contribution in [0.15, 0.2) is 18.5 Å². The molecule has 3 N–H and O–H groups in total. The molecule has 0 saturated carbocycles. The average Bonchev–Trinajstić information content (AvgIpc) is 2.59. The van der Waals surface area contributed by atoms with Gasteiger partial charge in [0.05, 0.1) is 11.9 Å². The van der Waals surface area contributed by atoms with Crippen molar-refractivity contribution in [3.05, 3.63) is 24.2 Å². The van der Waals surface area contributed by atoms with Gasteiger partial charge in [-0.1, -0.05) is 0 Å². The summed E-state index contributed by atoms with van der Waals surface area (Å²) >= 11 is 0. The number of H-pyrrole nitrogens is 1. The maximum absolute atomic E-state index is 5.65. The van der Waals surface area contributed by atoms with Crippen LogP contribution in [0.1, 0.15) is 5.69 Å². The summed E-state index contributed by atoms with van der Waals surface area (Å²) in [6.45, 7) is 1.95. The number of nitrogens with one attached hydrogen (secondary N) is 1. The number of aromatic nitrogens is 4. The number of hydrogen-bond donors (Lipinski definition) is 2. The van der Waals surface area contributed by atoms with Crippen LogP contribution in [0.2, 0.25) is 0 Å². The Morgan fingerprint density at radius 2 is 2.42 bits per heavy atom. The third kappa shape index (κ3) is 0.868. The minimum absolute atomic E-state index is 0.599. The van der Waals surface area contributed by atoms with Crippen LogP contribution in [-0.4, -0.2) is 20.0 Å². The molecule has 0 unspecified atom stereocenters. The molecule has 0 fully saturated rings. The molecule has 0 bridgehead atoms. The largest absolute Gasteiger partial charge is 0.394 e. The lowest BCUT2D eigenvalue weighted by Crippen LogP contribution is -2.01.